The third kappa shape index (κ3) is 4.88. The number of benzene rings is 3. The molecule has 1 amide bonds. The Morgan fingerprint density at radius 1 is 0.879 bits per heavy atom. The van der Waals surface area contributed by atoms with Crippen LogP contribution in [-0.2, 0) is 4.79 Å². The average molecular weight is 457 g/mol. The first-order valence-corrected chi connectivity index (χ1v) is 12.0. The van der Waals surface area contributed by atoms with Gasteiger partial charge in [-0.1, -0.05) is 64.1 Å². The van der Waals surface area contributed by atoms with Crippen LogP contribution in [-0.4, -0.2) is 16.2 Å². The van der Waals surface area contributed by atoms with E-state index in [1.54, 1.807) is 4.90 Å². The number of phenolic OH excluding ortho intramolecular Hbond substituents is 1. The molecule has 3 aromatic carbocycles. The summed E-state index contributed by atoms with van der Waals surface area (Å²) in [5.74, 6) is 0.587. The summed E-state index contributed by atoms with van der Waals surface area (Å²) in [5.41, 5.74) is 4.27. The molecule has 0 radical (unpaired) electrons. The van der Waals surface area contributed by atoms with Gasteiger partial charge in [0.15, 0.2) is 5.17 Å². The maximum atomic E-state index is 13.5. The van der Waals surface area contributed by atoms with Crippen molar-refractivity contribution in [2.24, 2.45) is 4.99 Å². The molecule has 168 valence electrons. The van der Waals surface area contributed by atoms with Crippen molar-refractivity contribution in [2.75, 3.05) is 4.90 Å². The summed E-state index contributed by atoms with van der Waals surface area (Å²) < 4.78 is 0. The van der Waals surface area contributed by atoms with Gasteiger partial charge in [-0.25, -0.2) is 4.99 Å². The molecule has 4 rings (SSSR count). The fraction of sp³-hybridized carbons (Fsp3) is 0.214. The molecule has 1 saturated heterocycles. The van der Waals surface area contributed by atoms with Gasteiger partial charge in [0.1, 0.15) is 5.75 Å². The van der Waals surface area contributed by atoms with Crippen LogP contribution in [0.2, 0.25) is 0 Å². The van der Waals surface area contributed by atoms with Gasteiger partial charge in [-0.05, 0) is 82.8 Å². The maximum absolute atomic E-state index is 13.5. The summed E-state index contributed by atoms with van der Waals surface area (Å²) in [6, 6.07) is 23.2. The van der Waals surface area contributed by atoms with Crippen LogP contribution in [0.3, 0.4) is 0 Å². The van der Waals surface area contributed by atoms with Crippen molar-refractivity contribution < 1.29 is 9.90 Å². The number of rotatable bonds is 5. The van der Waals surface area contributed by atoms with Gasteiger partial charge in [-0.3, -0.25) is 9.69 Å². The molecule has 5 heteroatoms. The predicted molar refractivity (Wildman–Crippen MR) is 139 cm³/mol. The molecule has 0 aliphatic carbocycles. The molecule has 4 nitrogen and oxygen atoms in total. The van der Waals surface area contributed by atoms with Gasteiger partial charge in [0.05, 0.1) is 16.3 Å². The number of hydrogen-bond donors (Lipinski definition) is 1. The molecule has 0 bridgehead atoms. The smallest absolute Gasteiger partial charge is 0.271 e. The number of aliphatic imine (C=N–C) groups is 1. The lowest BCUT2D eigenvalue weighted by atomic mass is 9.91. The standard InChI is InChI=1S/C28H28N2O2S/c1-18(2)23-15-20(16-24(19(3)4)26(23)31)17-25-27(32)30(22-13-9-6-10-14-22)28(33-25)29-21-11-7-5-8-12-21/h5-19,31H,1-4H3/b25-17-,29-28?. The topological polar surface area (TPSA) is 52.9 Å². The highest BCUT2D eigenvalue weighted by Gasteiger charge is 2.34. The molecule has 0 spiro atoms. The van der Waals surface area contributed by atoms with Gasteiger partial charge in [0.25, 0.3) is 5.91 Å². The number of thioether (sulfide) groups is 1. The highest BCUT2D eigenvalue weighted by atomic mass is 32.2. The van der Waals surface area contributed by atoms with E-state index in [2.05, 4.69) is 27.7 Å². The minimum absolute atomic E-state index is 0.105. The van der Waals surface area contributed by atoms with Crippen LogP contribution in [0.5, 0.6) is 5.75 Å². The highest BCUT2D eigenvalue weighted by Crippen LogP contribution is 2.39. The first-order chi connectivity index (χ1) is 15.8. The van der Waals surface area contributed by atoms with Crippen molar-refractivity contribution in [2.45, 2.75) is 39.5 Å². The van der Waals surface area contributed by atoms with Crippen molar-refractivity contribution in [1.29, 1.82) is 0 Å². The van der Waals surface area contributed by atoms with Crippen LogP contribution in [0, 0.1) is 0 Å². The van der Waals surface area contributed by atoms with Crippen LogP contribution >= 0.6 is 11.8 Å². The van der Waals surface area contributed by atoms with E-state index >= 15 is 0 Å². The molecule has 1 fully saturated rings. The molecule has 3 aromatic rings. The van der Waals surface area contributed by atoms with E-state index in [0.29, 0.717) is 15.8 Å². The zero-order chi connectivity index (χ0) is 23.5. The van der Waals surface area contributed by atoms with Gasteiger partial charge >= 0.3 is 0 Å². The van der Waals surface area contributed by atoms with E-state index in [1.807, 2.05) is 78.9 Å². The third-order valence-electron chi connectivity index (χ3n) is 5.53. The van der Waals surface area contributed by atoms with Crippen LogP contribution < -0.4 is 4.90 Å². The molecule has 1 aliphatic rings. The molecule has 0 atom stereocenters. The van der Waals surface area contributed by atoms with Crippen LogP contribution in [0.4, 0.5) is 11.4 Å². The Labute approximate surface area is 199 Å². The second kappa shape index (κ2) is 9.67. The minimum Gasteiger partial charge on any atom is -0.507 e. The van der Waals surface area contributed by atoms with E-state index in [-0.39, 0.29) is 17.7 Å². The van der Waals surface area contributed by atoms with Crippen molar-refractivity contribution in [3.8, 4) is 5.75 Å². The lowest BCUT2D eigenvalue weighted by molar-refractivity contribution is -0.113. The molecule has 33 heavy (non-hydrogen) atoms. The molecular weight excluding hydrogens is 428 g/mol. The van der Waals surface area contributed by atoms with E-state index in [0.717, 1.165) is 28.1 Å². The number of aromatic hydroxyl groups is 1. The van der Waals surface area contributed by atoms with E-state index in [1.165, 1.54) is 11.8 Å². The molecule has 1 heterocycles. The Kier molecular flexibility index (Phi) is 6.70. The van der Waals surface area contributed by atoms with Crippen LogP contribution in [0.25, 0.3) is 6.08 Å². The number of carbonyl (C=O) groups is 1. The number of phenols is 1. The highest BCUT2D eigenvalue weighted by molar-refractivity contribution is 8.19. The van der Waals surface area contributed by atoms with E-state index in [4.69, 9.17) is 4.99 Å². The Morgan fingerprint density at radius 2 is 1.42 bits per heavy atom. The first kappa shape index (κ1) is 22.9. The zero-order valence-corrected chi connectivity index (χ0v) is 20.1. The summed E-state index contributed by atoms with van der Waals surface area (Å²) in [5, 5.41) is 11.4. The third-order valence-corrected chi connectivity index (χ3v) is 6.50. The van der Waals surface area contributed by atoms with Crippen molar-refractivity contribution >= 4 is 40.3 Å². The monoisotopic (exact) mass is 456 g/mol. The average Bonchev–Trinajstić information content (AvgIpc) is 3.10. The van der Waals surface area contributed by atoms with Gasteiger partial charge in [0.2, 0.25) is 0 Å². The molecule has 1 N–H and O–H groups in total. The normalized spacial score (nSPS) is 16.5. The Bertz CT molecular complexity index is 1190. The zero-order valence-electron chi connectivity index (χ0n) is 19.3. The summed E-state index contributed by atoms with van der Waals surface area (Å²) in [6.45, 7) is 8.25. The largest absolute Gasteiger partial charge is 0.507 e. The Balaban J connectivity index is 1.81. The van der Waals surface area contributed by atoms with Crippen LogP contribution in [0.1, 0.15) is 56.2 Å². The predicted octanol–water partition coefficient (Wildman–Crippen LogP) is 7.45. The SMILES string of the molecule is CC(C)c1cc(/C=C2\SC(=Nc3ccccc3)N(c3ccccc3)C2=O)cc(C(C)C)c1O. The van der Waals surface area contributed by atoms with Crippen LogP contribution in [0.15, 0.2) is 82.7 Å². The molecule has 1 aliphatic heterocycles. The quantitative estimate of drug-likeness (QED) is 0.406. The fourth-order valence-corrected chi connectivity index (χ4v) is 4.79. The molecule has 0 unspecified atom stereocenters. The number of carbonyl (C=O) groups excluding carboxylic acids is 1. The molecule has 0 aromatic heterocycles. The molecular formula is C28H28N2O2S. The Morgan fingerprint density at radius 3 is 1.97 bits per heavy atom. The summed E-state index contributed by atoms with van der Waals surface area (Å²) in [4.78, 5) is 20.6. The van der Waals surface area contributed by atoms with Crippen molar-refractivity contribution in [3.63, 3.8) is 0 Å². The van der Waals surface area contributed by atoms with Gasteiger partial charge in [-0.2, -0.15) is 0 Å². The fourth-order valence-electron chi connectivity index (χ4n) is 3.79. The number of para-hydroxylation sites is 2. The minimum atomic E-state index is -0.105. The van der Waals surface area contributed by atoms with Crippen molar-refractivity contribution in [1.82, 2.24) is 0 Å². The van der Waals surface area contributed by atoms with E-state index < -0.39 is 0 Å². The van der Waals surface area contributed by atoms with Gasteiger partial charge < -0.3 is 5.11 Å². The second-order valence-electron chi connectivity index (χ2n) is 8.67. The maximum Gasteiger partial charge on any atom is 0.271 e. The molecule has 0 saturated carbocycles. The number of nitrogens with zero attached hydrogens (tertiary/aromatic N) is 2. The lowest BCUT2D eigenvalue weighted by Gasteiger charge is -2.17. The van der Waals surface area contributed by atoms with E-state index in [9.17, 15) is 9.90 Å². The number of amidine groups is 1. The Hall–Kier alpha value is -3.31. The summed E-state index contributed by atoms with van der Waals surface area (Å²) >= 11 is 1.37. The summed E-state index contributed by atoms with van der Waals surface area (Å²) in [7, 11) is 0. The van der Waals surface area contributed by atoms with Crippen molar-refractivity contribution in [3.05, 3.63) is 94.4 Å². The summed E-state index contributed by atoms with van der Waals surface area (Å²) in [6.07, 6.45) is 1.91. The number of amides is 1. The lowest BCUT2D eigenvalue weighted by Crippen LogP contribution is -2.28. The van der Waals surface area contributed by atoms with Gasteiger partial charge in [0, 0.05) is 0 Å². The van der Waals surface area contributed by atoms with Gasteiger partial charge in [-0.15, -0.1) is 0 Å². The number of hydrogen-bond acceptors (Lipinski definition) is 4. The first-order valence-electron chi connectivity index (χ1n) is 11.1. The second-order valence-corrected chi connectivity index (χ2v) is 9.68. The number of anilines is 1.